The molecule has 0 unspecified atom stereocenters. The van der Waals surface area contributed by atoms with Gasteiger partial charge in [-0.2, -0.15) is 0 Å². The molecule has 0 aliphatic heterocycles. The standard InChI is InChI=1S/C6H3NO6S/c8-5(9)2-1-14-4(7(12)13)3(2)6(10)11/h1H,(H,8,9)(H,10,11). The third kappa shape index (κ3) is 1.55. The SMILES string of the molecule is O=C(O)c1csc([N+](=O)[O-])c1C(=O)O. The third-order valence-corrected chi connectivity index (χ3v) is 2.31. The van der Waals surface area contributed by atoms with Crippen molar-refractivity contribution in [2.45, 2.75) is 0 Å². The van der Waals surface area contributed by atoms with Gasteiger partial charge < -0.3 is 10.2 Å². The van der Waals surface area contributed by atoms with Crippen LogP contribution in [0, 0.1) is 10.1 Å². The van der Waals surface area contributed by atoms with Crippen LogP contribution in [0.5, 0.6) is 0 Å². The first-order valence-corrected chi connectivity index (χ1v) is 4.05. The highest BCUT2D eigenvalue weighted by molar-refractivity contribution is 7.14. The predicted molar refractivity (Wildman–Crippen MR) is 44.9 cm³/mol. The third-order valence-electron chi connectivity index (χ3n) is 1.38. The van der Waals surface area contributed by atoms with E-state index in [4.69, 9.17) is 10.2 Å². The van der Waals surface area contributed by atoms with Crippen LogP contribution in [0.4, 0.5) is 5.00 Å². The van der Waals surface area contributed by atoms with Crippen LogP contribution in [-0.4, -0.2) is 27.1 Å². The Balaban J connectivity index is 3.42. The molecule has 1 aromatic heterocycles. The summed E-state index contributed by atoms with van der Waals surface area (Å²) in [5.41, 5.74) is -1.33. The van der Waals surface area contributed by atoms with Gasteiger partial charge in [0.1, 0.15) is 0 Å². The largest absolute Gasteiger partial charge is 0.478 e. The van der Waals surface area contributed by atoms with Gasteiger partial charge in [0.05, 0.1) is 10.5 Å². The number of hydrogen-bond acceptors (Lipinski definition) is 5. The van der Waals surface area contributed by atoms with Crippen LogP contribution in [0.3, 0.4) is 0 Å². The molecule has 0 bridgehead atoms. The van der Waals surface area contributed by atoms with Gasteiger partial charge in [0.25, 0.3) is 0 Å². The van der Waals surface area contributed by atoms with Crippen LogP contribution >= 0.6 is 11.3 Å². The second-order valence-electron chi connectivity index (χ2n) is 2.20. The molecule has 1 heterocycles. The van der Waals surface area contributed by atoms with Crippen molar-refractivity contribution in [3.63, 3.8) is 0 Å². The molecule has 0 spiro atoms. The molecule has 0 saturated carbocycles. The molecule has 0 aliphatic rings. The fraction of sp³-hybridized carbons (Fsp3) is 0. The Bertz CT molecular complexity index is 390. The Labute approximate surface area is 80.4 Å². The molecule has 0 aromatic carbocycles. The second kappa shape index (κ2) is 3.42. The van der Waals surface area contributed by atoms with E-state index < -0.39 is 33.0 Å². The average molecular weight is 217 g/mol. The van der Waals surface area contributed by atoms with Crippen LogP contribution in [0.1, 0.15) is 20.7 Å². The molecule has 0 radical (unpaired) electrons. The fourth-order valence-electron chi connectivity index (χ4n) is 0.846. The molecule has 2 N–H and O–H groups in total. The molecule has 0 fully saturated rings. The number of thiophene rings is 1. The Morgan fingerprint density at radius 3 is 2.29 bits per heavy atom. The molecule has 1 aromatic rings. The van der Waals surface area contributed by atoms with Gasteiger partial charge in [-0.1, -0.05) is 11.3 Å². The summed E-state index contributed by atoms with van der Waals surface area (Å²) in [6, 6.07) is 0. The topological polar surface area (TPSA) is 118 Å². The van der Waals surface area contributed by atoms with E-state index in [9.17, 15) is 19.7 Å². The Morgan fingerprint density at radius 2 is 1.93 bits per heavy atom. The van der Waals surface area contributed by atoms with Crippen molar-refractivity contribution in [1.82, 2.24) is 0 Å². The van der Waals surface area contributed by atoms with Crippen molar-refractivity contribution in [2.75, 3.05) is 0 Å². The first-order valence-electron chi connectivity index (χ1n) is 3.17. The molecule has 0 saturated heterocycles. The molecule has 0 atom stereocenters. The monoisotopic (exact) mass is 217 g/mol. The summed E-state index contributed by atoms with van der Waals surface area (Å²) in [7, 11) is 0. The maximum Gasteiger partial charge on any atom is 0.344 e. The van der Waals surface area contributed by atoms with Crippen LogP contribution < -0.4 is 0 Å². The zero-order chi connectivity index (χ0) is 10.9. The van der Waals surface area contributed by atoms with E-state index in [1.165, 1.54) is 0 Å². The maximum atomic E-state index is 10.6. The highest BCUT2D eigenvalue weighted by atomic mass is 32.1. The lowest BCUT2D eigenvalue weighted by Gasteiger charge is -1.92. The van der Waals surface area contributed by atoms with E-state index in [0.29, 0.717) is 11.3 Å². The number of hydrogen-bond donors (Lipinski definition) is 2. The normalized spacial score (nSPS) is 9.71. The molecule has 1 rings (SSSR count). The summed E-state index contributed by atoms with van der Waals surface area (Å²) in [6.07, 6.45) is 0. The molecule has 0 amide bonds. The molecule has 0 aliphatic carbocycles. The van der Waals surface area contributed by atoms with Crippen molar-refractivity contribution in [1.29, 1.82) is 0 Å². The predicted octanol–water partition coefficient (Wildman–Crippen LogP) is 1.05. The Kier molecular flexibility index (Phi) is 2.47. The summed E-state index contributed by atoms with van der Waals surface area (Å²) >= 11 is 0.480. The lowest BCUT2D eigenvalue weighted by molar-refractivity contribution is -0.380. The summed E-state index contributed by atoms with van der Waals surface area (Å²) in [5.74, 6) is -3.11. The van der Waals surface area contributed by atoms with E-state index in [1.807, 2.05) is 0 Å². The van der Waals surface area contributed by atoms with Gasteiger partial charge in [-0.15, -0.1) is 0 Å². The quantitative estimate of drug-likeness (QED) is 0.577. The first kappa shape index (κ1) is 10.1. The minimum Gasteiger partial charge on any atom is -0.478 e. The molecule has 74 valence electrons. The minimum absolute atomic E-state index is 0.480. The summed E-state index contributed by atoms with van der Waals surface area (Å²) in [6.45, 7) is 0. The number of carboxylic acids is 2. The van der Waals surface area contributed by atoms with E-state index in [-0.39, 0.29) is 0 Å². The van der Waals surface area contributed by atoms with Gasteiger partial charge in [0, 0.05) is 5.38 Å². The minimum atomic E-state index is -1.62. The lowest BCUT2D eigenvalue weighted by Crippen LogP contribution is -2.06. The zero-order valence-corrected chi connectivity index (χ0v) is 7.28. The second-order valence-corrected chi connectivity index (χ2v) is 3.06. The van der Waals surface area contributed by atoms with Gasteiger partial charge in [-0.05, 0) is 0 Å². The molecule has 8 heteroatoms. The summed E-state index contributed by atoms with van der Waals surface area (Å²) < 4.78 is 0. The Hall–Kier alpha value is -1.96. The number of carbonyl (C=O) groups is 2. The molecular weight excluding hydrogens is 214 g/mol. The molecule has 7 nitrogen and oxygen atoms in total. The van der Waals surface area contributed by atoms with Crippen LogP contribution in [0.2, 0.25) is 0 Å². The van der Waals surface area contributed by atoms with E-state index in [2.05, 4.69) is 0 Å². The van der Waals surface area contributed by atoms with Crippen molar-refractivity contribution in [3.8, 4) is 0 Å². The summed E-state index contributed by atoms with van der Waals surface area (Å²) in [4.78, 5) is 30.4. The van der Waals surface area contributed by atoms with Gasteiger partial charge in [-0.3, -0.25) is 10.1 Å². The van der Waals surface area contributed by atoms with E-state index in [0.717, 1.165) is 5.38 Å². The lowest BCUT2D eigenvalue weighted by atomic mass is 10.2. The van der Waals surface area contributed by atoms with Gasteiger partial charge in [0.15, 0.2) is 5.56 Å². The van der Waals surface area contributed by atoms with Crippen LogP contribution in [0.25, 0.3) is 0 Å². The van der Waals surface area contributed by atoms with Gasteiger partial charge >= 0.3 is 16.9 Å². The smallest absolute Gasteiger partial charge is 0.344 e. The number of aromatic carboxylic acids is 2. The van der Waals surface area contributed by atoms with Crippen LogP contribution in [0.15, 0.2) is 5.38 Å². The average Bonchev–Trinajstić information content (AvgIpc) is 2.46. The van der Waals surface area contributed by atoms with Crippen molar-refractivity contribution in [3.05, 3.63) is 26.6 Å². The Morgan fingerprint density at radius 1 is 1.36 bits per heavy atom. The fourth-order valence-corrected chi connectivity index (χ4v) is 1.70. The molecular formula is C6H3NO6S. The number of nitrogens with zero attached hydrogens (tertiary/aromatic N) is 1. The number of nitro groups is 1. The first-order chi connectivity index (χ1) is 6.45. The van der Waals surface area contributed by atoms with Crippen molar-refractivity contribution in [2.24, 2.45) is 0 Å². The number of rotatable bonds is 3. The van der Waals surface area contributed by atoms with Gasteiger partial charge in [-0.25, -0.2) is 9.59 Å². The van der Waals surface area contributed by atoms with Crippen LogP contribution in [-0.2, 0) is 0 Å². The van der Waals surface area contributed by atoms with E-state index >= 15 is 0 Å². The highest BCUT2D eigenvalue weighted by Gasteiger charge is 2.29. The van der Waals surface area contributed by atoms with Crippen molar-refractivity contribution < 1.29 is 24.7 Å². The maximum absolute atomic E-state index is 10.6. The molecule has 14 heavy (non-hydrogen) atoms. The summed E-state index contributed by atoms with van der Waals surface area (Å²) in [5, 5.41) is 27.7. The highest BCUT2D eigenvalue weighted by Crippen LogP contribution is 2.30. The van der Waals surface area contributed by atoms with E-state index in [1.54, 1.807) is 0 Å². The zero-order valence-electron chi connectivity index (χ0n) is 6.46. The van der Waals surface area contributed by atoms with Crippen molar-refractivity contribution >= 4 is 28.3 Å². The number of carboxylic acid groups (broad SMARTS) is 2. The van der Waals surface area contributed by atoms with Gasteiger partial charge in [0.2, 0.25) is 0 Å².